The number of piperidine rings is 1. The number of anilines is 1. The second kappa shape index (κ2) is 5.42. The summed E-state index contributed by atoms with van der Waals surface area (Å²) in [6, 6.07) is 7.12. The first-order valence-corrected chi connectivity index (χ1v) is 7.39. The van der Waals surface area contributed by atoms with E-state index in [1.165, 1.54) is 6.42 Å². The molecule has 0 radical (unpaired) electrons. The minimum Gasteiger partial charge on any atom is -0.422 e. The molecular formula is C16H15ClN2O2. The first kappa shape index (κ1) is 14.0. The number of benzene rings is 1. The van der Waals surface area contributed by atoms with Crippen LogP contribution in [0.1, 0.15) is 25.3 Å². The van der Waals surface area contributed by atoms with Crippen LogP contribution in [0.5, 0.6) is 0 Å². The van der Waals surface area contributed by atoms with Gasteiger partial charge < -0.3 is 9.32 Å². The van der Waals surface area contributed by atoms with Crippen LogP contribution in [-0.4, -0.2) is 13.1 Å². The number of hydrogen-bond acceptors (Lipinski definition) is 4. The summed E-state index contributed by atoms with van der Waals surface area (Å²) < 4.78 is 5.23. The molecule has 21 heavy (non-hydrogen) atoms. The highest BCUT2D eigenvalue weighted by molar-refractivity contribution is 6.31. The van der Waals surface area contributed by atoms with Crippen LogP contribution in [0.4, 0.5) is 5.69 Å². The van der Waals surface area contributed by atoms with E-state index in [0.29, 0.717) is 22.2 Å². The zero-order chi connectivity index (χ0) is 15.0. The molecule has 1 aliphatic rings. The van der Waals surface area contributed by atoms with Crippen molar-refractivity contribution in [1.29, 1.82) is 5.26 Å². The SMILES string of the molecule is CC1CCCN(c2c(C#N)c(=O)oc3ccc(Cl)cc23)C1. The minimum atomic E-state index is -0.583. The lowest BCUT2D eigenvalue weighted by molar-refractivity contribution is 0.446. The van der Waals surface area contributed by atoms with E-state index in [1.807, 2.05) is 6.07 Å². The van der Waals surface area contributed by atoms with Crippen LogP contribution in [0.2, 0.25) is 5.02 Å². The van der Waals surface area contributed by atoms with Crippen molar-refractivity contribution in [2.45, 2.75) is 19.8 Å². The standard InChI is InChI=1S/C16H15ClN2O2/c1-10-3-2-6-19(9-10)15-12-7-11(17)4-5-14(12)21-16(20)13(15)8-18/h4-5,7,10H,2-3,6,9H2,1H3. The molecule has 3 rings (SSSR count). The highest BCUT2D eigenvalue weighted by Crippen LogP contribution is 2.33. The van der Waals surface area contributed by atoms with Gasteiger partial charge in [0.15, 0.2) is 5.56 Å². The van der Waals surface area contributed by atoms with Crippen LogP contribution in [0.15, 0.2) is 27.4 Å². The van der Waals surface area contributed by atoms with E-state index in [2.05, 4.69) is 11.8 Å². The van der Waals surface area contributed by atoms with E-state index in [-0.39, 0.29) is 5.56 Å². The van der Waals surface area contributed by atoms with E-state index < -0.39 is 5.63 Å². The summed E-state index contributed by atoms with van der Waals surface area (Å²) in [4.78, 5) is 14.2. The van der Waals surface area contributed by atoms with Gasteiger partial charge in [-0.05, 0) is 37.0 Å². The summed E-state index contributed by atoms with van der Waals surface area (Å²) in [6.45, 7) is 3.85. The summed E-state index contributed by atoms with van der Waals surface area (Å²) in [6.07, 6.45) is 2.22. The fourth-order valence-electron chi connectivity index (χ4n) is 2.98. The topological polar surface area (TPSA) is 57.2 Å². The molecule has 1 atom stereocenters. The normalized spacial score (nSPS) is 18.7. The van der Waals surface area contributed by atoms with Crippen LogP contribution in [0, 0.1) is 17.2 Å². The molecule has 0 N–H and O–H groups in total. The van der Waals surface area contributed by atoms with Crippen LogP contribution < -0.4 is 10.5 Å². The molecule has 1 aliphatic heterocycles. The van der Waals surface area contributed by atoms with Crippen molar-refractivity contribution in [3.05, 3.63) is 39.2 Å². The molecule has 0 saturated carbocycles. The molecule has 1 aromatic heterocycles. The number of nitriles is 1. The molecule has 2 heterocycles. The Balaban J connectivity index is 2.29. The summed E-state index contributed by atoms with van der Waals surface area (Å²) >= 11 is 6.07. The fraction of sp³-hybridized carbons (Fsp3) is 0.375. The highest BCUT2D eigenvalue weighted by Gasteiger charge is 2.24. The summed E-state index contributed by atoms with van der Waals surface area (Å²) in [7, 11) is 0. The van der Waals surface area contributed by atoms with Gasteiger partial charge in [0.1, 0.15) is 11.7 Å². The average Bonchev–Trinajstić information content (AvgIpc) is 2.46. The Bertz CT molecular complexity index is 791. The van der Waals surface area contributed by atoms with E-state index in [9.17, 15) is 10.1 Å². The quantitative estimate of drug-likeness (QED) is 0.756. The molecule has 1 aromatic carbocycles. The Hall–Kier alpha value is -1.99. The molecule has 1 unspecified atom stereocenters. The van der Waals surface area contributed by atoms with Gasteiger partial charge in [0.2, 0.25) is 0 Å². The van der Waals surface area contributed by atoms with Gasteiger partial charge in [-0.1, -0.05) is 18.5 Å². The van der Waals surface area contributed by atoms with Crippen LogP contribution in [0.3, 0.4) is 0 Å². The van der Waals surface area contributed by atoms with E-state index >= 15 is 0 Å². The Morgan fingerprint density at radius 3 is 3.00 bits per heavy atom. The molecule has 0 spiro atoms. The predicted octanol–water partition coefficient (Wildman–Crippen LogP) is 3.55. The average molecular weight is 303 g/mol. The summed E-state index contributed by atoms with van der Waals surface area (Å²) in [5.74, 6) is 0.534. The summed E-state index contributed by atoms with van der Waals surface area (Å²) in [5.41, 5.74) is 0.619. The highest BCUT2D eigenvalue weighted by atomic mass is 35.5. The minimum absolute atomic E-state index is 0.0684. The van der Waals surface area contributed by atoms with Gasteiger partial charge >= 0.3 is 5.63 Å². The van der Waals surface area contributed by atoms with Crippen molar-refractivity contribution in [2.75, 3.05) is 18.0 Å². The third-order valence-corrected chi connectivity index (χ3v) is 4.16. The van der Waals surface area contributed by atoms with Crippen molar-refractivity contribution >= 4 is 28.3 Å². The third-order valence-electron chi connectivity index (χ3n) is 3.93. The van der Waals surface area contributed by atoms with E-state index in [1.54, 1.807) is 18.2 Å². The molecular weight excluding hydrogens is 288 g/mol. The van der Waals surface area contributed by atoms with Crippen molar-refractivity contribution < 1.29 is 4.42 Å². The van der Waals surface area contributed by atoms with Crippen molar-refractivity contribution in [2.24, 2.45) is 5.92 Å². The number of hydrogen-bond donors (Lipinski definition) is 0. The van der Waals surface area contributed by atoms with Crippen molar-refractivity contribution in [3.8, 4) is 6.07 Å². The zero-order valence-electron chi connectivity index (χ0n) is 11.7. The maximum absolute atomic E-state index is 12.0. The predicted molar refractivity (Wildman–Crippen MR) is 82.8 cm³/mol. The number of rotatable bonds is 1. The fourth-order valence-corrected chi connectivity index (χ4v) is 3.15. The number of fused-ring (bicyclic) bond motifs is 1. The molecule has 5 heteroatoms. The molecule has 4 nitrogen and oxygen atoms in total. The molecule has 1 fully saturated rings. The number of nitrogens with zero attached hydrogens (tertiary/aromatic N) is 2. The zero-order valence-corrected chi connectivity index (χ0v) is 12.5. The van der Waals surface area contributed by atoms with Gasteiger partial charge in [-0.15, -0.1) is 0 Å². The van der Waals surface area contributed by atoms with Gasteiger partial charge in [-0.2, -0.15) is 5.26 Å². The van der Waals surface area contributed by atoms with Gasteiger partial charge in [0.05, 0.1) is 5.69 Å². The van der Waals surface area contributed by atoms with E-state index in [0.717, 1.165) is 24.9 Å². The monoisotopic (exact) mass is 302 g/mol. The molecule has 2 aromatic rings. The van der Waals surface area contributed by atoms with Crippen LogP contribution in [0.25, 0.3) is 11.0 Å². The second-order valence-electron chi connectivity index (χ2n) is 5.56. The molecule has 108 valence electrons. The molecule has 1 saturated heterocycles. The third kappa shape index (κ3) is 2.50. The van der Waals surface area contributed by atoms with Crippen LogP contribution >= 0.6 is 11.6 Å². The van der Waals surface area contributed by atoms with Gasteiger partial charge in [0.25, 0.3) is 0 Å². The number of halogens is 1. The Kier molecular flexibility index (Phi) is 3.60. The van der Waals surface area contributed by atoms with Gasteiger partial charge in [-0.25, -0.2) is 4.79 Å². The molecule has 0 amide bonds. The first-order chi connectivity index (χ1) is 10.1. The largest absolute Gasteiger partial charge is 0.422 e. The second-order valence-corrected chi connectivity index (χ2v) is 6.00. The maximum Gasteiger partial charge on any atom is 0.356 e. The van der Waals surface area contributed by atoms with Crippen LogP contribution in [-0.2, 0) is 0 Å². The first-order valence-electron chi connectivity index (χ1n) is 7.01. The Morgan fingerprint density at radius 1 is 1.48 bits per heavy atom. The van der Waals surface area contributed by atoms with Gasteiger partial charge in [0, 0.05) is 23.5 Å². The lowest BCUT2D eigenvalue weighted by atomic mass is 9.98. The van der Waals surface area contributed by atoms with Crippen molar-refractivity contribution in [3.63, 3.8) is 0 Å². The Labute approximate surface area is 127 Å². The lowest BCUT2D eigenvalue weighted by Crippen LogP contribution is -2.35. The van der Waals surface area contributed by atoms with E-state index in [4.69, 9.17) is 16.0 Å². The smallest absolute Gasteiger partial charge is 0.356 e. The van der Waals surface area contributed by atoms with Crippen molar-refractivity contribution in [1.82, 2.24) is 0 Å². The summed E-state index contributed by atoms with van der Waals surface area (Å²) in [5, 5.41) is 10.6. The molecule has 0 bridgehead atoms. The lowest BCUT2D eigenvalue weighted by Gasteiger charge is -2.33. The molecule has 0 aliphatic carbocycles. The maximum atomic E-state index is 12.0. The Morgan fingerprint density at radius 2 is 2.29 bits per heavy atom. The van der Waals surface area contributed by atoms with Gasteiger partial charge in [-0.3, -0.25) is 0 Å².